The van der Waals surface area contributed by atoms with Crippen LogP contribution in [0.15, 0.2) is 23.3 Å². The van der Waals surface area contributed by atoms with Crippen molar-refractivity contribution in [1.82, 2.24) is 4.98 Å². The number of nitrogens with zero attached hydrogens (tertiary/aromatic N) is 4. The van der Waals surface area contributed by atoms with E-state index in [1.54, 1.807) is 12.1 Å². The average molecular weight is 401 g/mol. The van der Waals surface area contributed by atoms with Crippen molar-refractivity contribution < 1.29 is 9.66 Å². The zero-order valence-electron chi connectivity index (χ0n) is 12.5. The number of rotatable bonds is 5. The molecule has 2 rings (SSSR count). The number of nitro benzene ring substituents is 1. The Kier molecular flexibility index (Phi) is 5.98. The maximum Gasteiger partial charge on any atom is 0.311 e. The third kappa shape index (κ3) is 4.09. The Morgan fingerprint density at radius 2 is 2.12 bits per heavy atom. The monoisotopic (exact) mass is 399 g/mol. The molecule has 2 aromatic rings. The molecular weight excluding hydrogens is 393 g/mol. The van der Waals surface area contributed by atoms with E-state index in [1.807, 2.05) is 0 Å². The second-order valence-electron chi connectivity index (χ2n) is 4.42. The summed E-state index contributed by atoms with van der Waals surface area (Å²) in [5.74, 6) is 0.167. The summed E-state index contributed by atoms with van der Waals surface area (Å²) < 4.78 is 4.91. The van der Waals surface area contributed by atoms with Crippen LogP contribution in [0.2, 0.25) is 15.2 Å². The first-order chi connectivity index (χ1) is 11.9. The number of ether oxygens (including phenoxy) is 1. The quantitative estimate of drug-likeness (QED) is 0.347. The number of hydrazone groups is 1. The van der Waals surface area contributed by atoms with Gasteiger partial charge in [-0.2, -0.15) is 10.4 Å². The third-order valence-corrected chi connectivity index (χ3v) is 4.05. The molecule has 128 valence electrons. The normalized spacial score (nSPS) is 10.5. The van der Waals surface area contributed by atoms with Crippen LogP contribution in [-0.2, 0) is 0 Å². The van der Waals surface area contributed by atoms with Crippen LogP contribution in [0.3, 0.4) is 0 Å². The van der Waals surface area contributed by atoms with Gasteiger partial charge in [-0.25, -0.2) is 4.98 Å². The van der Waals surface area contributed by atoms with E-state index in [-0.39, 0.29) is 38.0 Å². The van der Waals surface area contributed by atoms with Gasteiger partial charge >= 0.3 is 5.69 Å². The van der Waals surface area contributed by atoms with Crippen molar-refractivity contribution in [2.45, 2.75) is 0 Å². The highest BCUT2D eigenvalue weighted by Crippen LogP contribution is 2.34. The molecule has 0 atom stereocenters. The molecule has 0 aliphatic heterocycles. The molecule has 1 N–H and O–H groups in total. The summed E-state index contributed by atoms with van der Waals surface area (Å²) in [7, 11) is 1.34. The minimum Gasteiger partial charge on any atom is -0.490 e. The number of methoxy groups -OCH3 is 1. The van der Waals surface area contributed by atoms with Gasteiger partial charge in [0.2, 0.25) is 0 Å². The summed E-state index contributed by atoms with van der Waals surface area (Å²) >= 11 is 17.8. The summed E-state index contributed by atoms with van der Waals surface area (Å²) in [6.45, 7) is 0. The molecule has 0 spiro atoms. The molecule has 0 unspecified atom stereocenters. The molecule has 0 saturated heterocycles. The van der Waals surface area contributed by atoms with Crippen LogP contribution in [0.1, 0.15) is 11.1 Å². The van der Waals surface area contributed by atoms with Gasteiger partial charge in [0.15, 0.2) is 16.7 Å². The predicted molar refractivity (Wildman–Crippen MR) is 94.8 cm³/mol. The SMILES string of the molecule is COc1ccc(/C=N\Nc2nc(Cl)c(C#N)c(Cl)c2Cl)cc1[N+](=O)[O-]. The minimum absolute atomic E-state index is 0.0273. The van der Waals surface area contributed by atoms with Gasteiger partial charge in [-0.15, -0.1) is 0 Å². The molecule has 1 heterocycles. The molecule has 25 heavy (non-hydrogen) atoms. The lowest BCUT2D eigenvalue weighted by molar-refractivity contribution is -0.385. The molecule has 0 fully saturated rings. The first kappa shape index (κ1) is 18.7. The van der Waals surface area contributed by atoms with Crippen LogP contribution < -0.4 is 10.2 Å². The number of halogens is 3. The van der Waals surface area contributed by atoms with E-state index in [0.717, 1.165) is 0 Å². The molecule has 0 amide bonds. The summed E-state index contributed by atoms with van der Waals surface area (Å²) in [6.07, 6.45) is 1.31. The van der Waals surface area contributed by atoms with Crippen molar-refractivity contribution in [3.05, 3.63) is 54.6 Å². The standard InChI is InChI=1S/C14H8Cl3N5O3/c1-25-10-3-2-7(4-9(10)22(23)24)6-19-21-14-12(16)11(15)8(5-18)13(17)20-14/h2-4,6H,1H3,(H,20,21)/b19-6-. The molecule has 1 aromatic carbocycles. The van der Waals surface area contributed by atoms with Gasteiger partial charge in [-0.05, 0) is 12.1 Å². The fourth-order valence-electron chi connectivity index (χ4n) is 1.77. The maximum atomic E-state index is 11.0. The van der Waals surface area contributed by atoms with Crippen molar-refractivity contribution in [2.75, 3.05) is 12.5 Å². The highest BCUT2D eigenvalue weighted by atomic mass is 35.5. The average Bonchev–Trinajstić information content (AvgIpc) is 2.59. The number of nitro groups is 1. The van der Waals surface area contributed by atoms with Crippen molar-refractivity contribution in [3.63, 3.8) is 0 Å². The van der Waals surface area contributed by atoms with Crippen molar-refractivity contribution >= 4 is 52.5 Å². The van der Waals surface area contributed by atoms with E-state index in [4.69, 9.17) is 44.8 Å². The molecule has 0 radical (unpaired) electrons. The Labute approximate surface area is 156 Å². The molecule has 8 nitrogen and oxygen atoms in total. The second kappa shape index (κ2) is 7.98. The van der Waals surface area contributed by atoms with Gasteiger partial charge in [0.05, 0.1) is 23.3 Å². The largest absolute Gasteiger partial charge is 0.490 e. The lowest BCUT2D eigenvalue weighted by Crippen LogP contribution is -1.99. The van der Waals surface area contributed by atoms with E-state index in [9.17, 15) is 10.1 Å². The molecule has 0 aliphatic rings. The highest BCUT2D eigenvalue weighted by molar-refractivity contribution is 6.45. The van der Waals surface area contributed by atoms with Gasteiger partial charge in [0, 0.05) is 11.6 Å². The van der Waals surface area contributed by atoms with E-state index >= 15 is 0 Å². The topological polar surface area (TPSA) is 113 Å². The van der Waals surface area contributed by atoms with Gasteiger partial charge in [-0.1, -0.05) is 34.8 Å². The molecule has 11 heteroatoms. The molecular formula is C14H8Cl3N5O3. The third-order valence-electron chi connectivity index (χ3n) is 2.93. The zero-order chi connectivity index (χ0) is 18.6. The fraction of sp³-hybridized carbons (Fsp3) is 0.0714. The molecule has 0 aliphatic carbocycles. The number of aromatic nitrogens is 1. The van der Waals surface area contributed by atoms with E-state index < -0.39 is 4.92 Å². The number of nitriles is 1. The fourth-order valence-corrected chi connectivity index (χ4v) is 2.44. The minimum atomic E-state index is -0.567. The summed E-state index contributed by atoms with van der Waals surface area (Å²) in [5, 5.41) is 23.6. The van der Waals surface area contributed by atoms with E-state index in [1.165, 1.54) is 25.5 Å². The number of benzene rings is 1. The number of anilines is 1. The van der Waals surface area contributed by atoms with Crippen molar-refractivity contribution in [2.24, 2.45) is 5.10 Å². The van der Waals surface area contributed by atoms with E-state index in [2.05, 4.69) is 15.5 Å². The van der Waals surface area contributed by atoms with E-state index in [0.29, 0.717) is 5.56 Å². The lowest BCUT2D eigenvalue weighted by Gasteiger charge is -2.07. The predicted octanol–water partition coefficient (Wildman–Crippen LogP) is 4.28. The van der Waals surface area contributed by atoms with Gasteiger partial charge in [0.25, 0.3) is 0 Å². The lowest BCUT2D eigenvalue weighted by atomic mass is 10.2. The van der Waals surface area contributed by atoms with Crippen LogP contribution in [0.25, 0.3) is 0 Å². The number of hydrogen-bond donors (Lipinski definition) is 1. The molecule has 0 saturated carbocycles. The summed E-state index contributed by atoms with van der Waals surface area (Å²) in [6, 6.07) is 6.10. The van der Waals surface area contributed by atoms with Gasteiger partial charge < -0.3 is 4.74 Å². The Morgan fingerprint density at radius 3 is 2.72 bits per heavy atom. The molecule has 1 aromatic heterocycles. The Bertz CT molecular complexity index is 912. The van der Waals surface area contributed by atoms with Gasteiger partial charge in [0.1, 0.15) is 16.7 Å². The van der Waals surface area contributed by atoms with Crippen LogP contribution in [-0.4, -0.2) is 23.2 Å². The Balaban J connectivity index is 2.27. The second-order valence-corrected chi connectivity index (χ2v) is 5.54. The molecule has 0 bridgehead atoms. The van der Waals surface area contributed by atoms with Crippen LogP contribution in [0.4, 0.5) is 11.5 Å². The van der Waals surface area contributed by atoms with Crippen LogP contribution in [0.5, 0.6) is 5.75 Å². The Hall–Kier alpha value is -2.60. The van der Waals surface area contributed by atoms with Crippen molar-refractivity contribution in [3.8, 4) is 11.8 Å². The van der Waals surface area contributed by atoms with Crippen LogP contribution in [0, 0.1) is 21.4 Å². The van der Waals surface area contributed by atoms with Gasteiger partial charge in [-0.3, -0.25) is 15.5 Å². The maximum absolute atomic E-state index is 11.0. The zero-order valence-corrected chi connectivity index (χ0v) is 14.7. The summed E-state index contributed by atoms with van der Waals surface area (Å²) in [5.41, 5.74) is 2.70. The first-order valence-electron chi connectivity index (χ1n) is 6.45. The van der Waals surface area contributed by atoms with Crippen LogP contribution >= 0.6 is 34.8 Å². The smallest absolute Gasteiger partial charge is 0.311 e. The summed E-state index contributed by atoms with van der Waals surface area (Å²) in [4.78, 5) is 14.3. The number of pyridine rings is 1. The number of hydrogen-bond acceptors (Lipinski definition) is 7. The Morgan fingerprint density at radius 1 is 1.40 bits per heavy atom. The van der Waals surface area contributed by atoms with Crippen molar-refractivity contribution in [1.29, 1.82) is 5.26 Å². The first-order valence-corrected chi connectivity index (χ1v) is 7.58. The number of nitrogens with one attached hydrogen (secondary N) is 1. The highest BCUT2D eigenvalue weighted by Gasteiger charge is 2.16.